The number of hydrogen-bond acceptors (Lipinski definition) is 4. The van der Waals surface area contributed by atoms with Gasteiger partial charge in [0.1, 0.15) is 5.82 Å². The first-order chi connectivity index (χ1) is 7.76. The summed E-state index contributed by atoms with van der Waals surface area (Å²) >= 11 is 0. The summed E-state index contributed by atoms with van der Waals surface area (Å²) in [4.78, 5) is 11.3. The zero-order valence-corrected chi connectivity index (χ0v) is 9.36. The van der Waals surface area contributed by atoms with Crippen molar-refractivity contribution in [2.24, 2.45) is 0 Å². The largest absolute Gasteiger partial charge is 0.365 e. The van der Waals surface area contributed by atoms with Crippen LogP contribution < -0.4 is 10.6 Å². The van der Waals surface area contributed by atoms with Crippen LogP contribution in [0.25, 0.3) is 0 Å². The van der Waals surface area contributed by atoms with Crippen LogP contribution in [0.15, 0.2) is 24.8 Å². The van der Waals surface area contributed by atoms with E-state index in [1.54, 1.807) is 18.2 Å². The molecule has 0 fully saturated rings. The molecular weight excluding hydrogens is 204 g/mol. The van der Waals surface area contributed by atoms with Gasteiger partial charge in [0.25, 0.3) is 0 Å². The predicted octanol–water partition coefficient (Wildman–Crippen LogP) is 1.81. The first-order valence-electron chi connectivity index (χ1n) is 5.24. The Labute approximate surface area is 95.0 Å². The third-order valence-corrected chi connectivity index (χ3v) is 1.84. The van der Waals surface area contributed by atoms with Gasteiger partial charge in [-0.2, -0.15) is 0 Å². The van der Waals surface area contributed by atoms with E-state index >= 15 is 0 Å². The molecule has 0 aromatic carbocycles. The maximum absolute atomic E-state index is 11.3. The van der Waals surface area contributed by atoms with Crippen molar-refractivity contribution in [3.05, 3.63) is 24.8 Å². The van der Waals surface area contributed by atoms with Crippen LogP contribution in [0.3, 0.4) is 0 Å². The lowest BCUT2D eigenvalue weighted by molar-refractivity contribution is -0.116. The summed E-state index contributed by atoms with van der Waals surface area (Å²) in [6.45, 7) is 6.17. The summed E-state index contributed by atoms with van der Waals surface area (Å²) in [6.07, 6.45) is 3.05. The molecule has 16 heavy (non-hydrogen) atoms. The number of carbonyl (C=O) groups is 1. The third-order valence-electron chi connectivity index (χ3n) is 1.84. The van der Waals surface area contributed by atoms with Crippen molar-refractivity contribution < 1.29 is 4.79 Å². The average molecular weight is 220 g/mol. The van der Waals surface area contributed by atoms with Gasteiger partial charge in [-0.25, -0.2) is 0 Å². The summed E-state index contributed by atoms with van der Waals surface area (Å²) < 4.78 is 0. The first kappa shape index (κ1) is 12.2. The fourth-order valence-electron chi connectivity index (χ4n) is 1.10. The molecule has 1 amide bonds. The van der Waals surface area contributed by atoms with Gasteiger partial charge in [-0.3, -0.25) is 4.79 Å². The van der Waals surface area contributed by atoms with Gasteiger partial charge in [0.15, 0.2) is 5.82 Å². The summed E-state index contributed by atoms with van der Waals surface area (Å²) in [5, 5.41) is 13.4. The Balaban J connectivity index is 2.50. The maximum Gasteiger partial charge on any atom is 0.225 e. The zero-order valence-electron chi connectivity index (χ0n) is 9.36. The van der Waals surface area contributed by atoms with Crippen molar-refractivity contribution in [3.63, 3.8) is 0 Å². The highest BCUT2D eigenvalue weighted by Gasteiger charge is 2.02. The van der Waals surface area contributed by atoms with Gasteiger partial charge in [0.2, 0.25) is 5.91 Å². The van der Waals surface area contributed by atoms with Gasteiger partial charge in [-0.15, -0.1) is 16.8 Å². The van der Waals surface area contributed by atoms with Gasteiger partial charge in [0.05, 0.1) is 0 Å². The Kier molecular flexibility index (Phi) is 4.98. The molecule has 0 bridgehead atoms. The molecule has 0 atom stereocenters. The molecule has 2 N–H and O–H groups in total. The number of carbonyl (C=O) groups excluding carboxylic acids is 1. The van der Waals surface area contributed by atoms with E-state index < -0.39 is 0 Å². The summed E-state index contributed by atoms with van der Waals surface area (Å²) in [7, 11) is 0. The van der Waals surface area contributed by atoms with Crippen molar-refractivity contribution in [1.29, 1.82) is 0 Å². The quantitative estimate of drug-likeness (QED) is 0.717. The molecule has 1 heterocycles. The number of amides is 1. The number of aromatic nitrogens is 2. The fourth-order valence-corrected chi connectivity index (χ4v) is 1.10. The molecule has 5 nitrogen and oxygen atoms in total. The van der Waals surface area contributed by atoms with E-state index in [1.165, 1.54) is 0 Å². The molecule has 0 saturated carbocycles. The van der Waals surface area contributed by atoms with Crippen molar-refractivity contribution in [1.82, 2.24) is 10.2 Å². The highest BCUT2D eigenvalue weighted by molar-refractivity contribution is 5.89. The smallest absolute Gasteiger partial charge is 0.225 e. The van der Waals surface area contributed by atoms with E-state index in [9.17, 15) is 4.79 Å². The monoisotopic (exact) mass is 220 g/mol. The van der Waals surface area contributed by atoms with Crippen LogP contribution in [-0.2, 0) is 4.79 Å². The van der Waals surface area contributed by atoms with E-state index in [1.807, 2.05) is 6.92 Å². The Hall–Kier alpha value is -1.91. The molecule has 0 radical (unpaired) electrons. The molecule has 0 aliphatic heterocycles. The lowest BCUT2D eigenvalue weighted by atomic mass is 10.3. The molecule has 1 aromatic rings. The number of rotatable bonds is 6. The van der Waals surface area contributed by atoms with E-state index in [0.29, 0.717) is 24.6 Å². The van der Waals surface area contributed by atoms with Gasteiger partial charge >= 0.3 is 0 Å². The minimum absolute atomic E-state index is 0.0383. The van der Waals surface area contributed by atoms with Gasteiger partial charge < -0.3 is 10.6 Å². The van der Waals surface area contributed by atoms with Crippen LogP contribution in [0.5, 0.6) is 0 Å². The Morgan fingerprint density at radius 3 is 2.69 bits per heavy atom. The van der Waals surface area contributed by atoms with Crippen molar-refractivity contribution in [3.8, 4) is 0 Å². The molecule has 0 saturated heterocycles. The normalized spacial score (nSPS) is 9.56. The summed E-state index contributed by atoms with van der Waals surface area (Å²) in [5.41, 5.74) is 0. The average Bonchev–Trinajstić information content (AvgIpc) is 2.28. The molecule has 5 heteroatoms. The van der Waals surface area contributed by atoms with E-state index in [0.717, 1.165) is 6.42 Å². The first-order valence-corrected chi connectivity index (χ1v) is 5.24. The third kappa shape index (κ3) is 4.08. The second kappa shape index (κ2) is 6.55. The lowest BCUT2D eigenvalue weighted by Gasteiger charge is -2.04. The van der Waals surface area contributed by atoms with Crippen molar-refractivity contribution >= 4 is 17.5 Å². The van der Waals surface area contributed by atoms with Crippen LogP contribution in [0.4, 0.5) is 11.6 Å². The van der Waals surface area contributed by atoms with Crippen LogP contribution in [0.2, 0.25) is 0 Å². The highest BCUT2D eigenvalue weighted by Crippen LogP contribution is 2.06. The molecule has 0 aliphatic carbocycles. The zero-order chi connectivity index (χ0) is 11.8. The minimum atomic E-state index is -0.0383. The van der Waals surface area contributed by atoms with Gasteiger partial charge in [0, 0.05) is 13.0 Å². The molecular formula is C11H16N4O. The second-order valence-electron chi connectivity index (χ2n) is 3.27. The Morgan fingerprint density at radius 2 is 2.12 bits per heavy atom. The van der Waals surface area contributed by atoms with Crippen LogP contribution in [0, 0.1) is 0 Å². The molecule has 1 rings (SSSR count). The summed E-state index contributed by atoms with van der Waals surface area (Å²) in [5.74, 6) is 1.10. The van der Waals surface area contributed by atoms with Crippen LogP contribution in [0.1, 0.15) is 19.8 Å². The van der Waals surface area contributed by atoms with Crippen LogP contribution >= 0.6 is 0 Å². The number of nitrogens with zero attached hydrogens (tertiary/aromatic N) is 2. The number of nitrogens with one attached hydrogen (secondary N) is 2. The van der Waals surface area contributed by atoms with Crippen molar-refractivity contribution in [2.45, 2.75) is 19.8 Å². The SMILES string of the molecule is C=CCNc1ccc(NC(=O)CCC)nn1. The maximum atomic E-state index is 11.3. The fraction of sp³-hybridized carbons (Fsp3) is 0.364. The van der Waals surface area contributed by atoms with Crippen LogP contribution in [-0.4, -0.2) is 22.6 Å². The van der Waals surface area contributed by atoms with E-state index in [-0.39, 0.29) is 5.91 Å². The standard InChI is InChI=1S/C11H16N4O/c1-3-5-11(16)13-10-7-6-9(14-15-10)12-8-4-2/h4,6-7H,2-3,5,8H2,1H3,(H,12,14)(H,13,15,16). The predicted molar refractivity (Wildman–Crippen MR) is 64.3 cm³/mol. The summed E-state index contributed by atoms with van der Waals surface area (Å²) in [6, 6.07) is 3.48. The molecule has 86 valence electrons. The number of hydrogen-bond donors (Lipinski definition) is 2. The van der Waals surface area contributed by atoms with Gasteiger partial charge in [-0.05, 0) is 18.6 Å². The highest BCUT2D eigenvalue weighted by atomic mass is 16.1. The second-order valence-corrected chi connectivity index (χ2v) is 3.27. The molecule has 1 aromatic heterocycles. The topological polar surface area (TPSA) is 66.9 Å². The van der Waals surface area contributed by atoms with E-state index in [2.05, 4.69) is 27.4 Å². The lowest BCUT2D eigenvalue weighted by Crippen LogP contribution is -2.12. The molecule has 0 aliphatic rings. The minimum Gasteiger partial charge on any atom is -0.365 e. The van der Waals surface area contributed by atoms with Gasteiger partial charge in [-0.1, -0.05) is 13.0 Å². The Bertz CT molecular complexity index is 348. The molecule has 0 unspecified atom stereocenters. The van der Waals surface area contributed by atoms with E-state index in [4.69, 9.17) is 0 Å². The van der Waals surface area contributed by atoms with Crippen molar-refractivity contribution in [2.75, 3.05) is 17.2 Å². The Morgan fingerprint density at radius 1 is 1.44 bits per heavy atom. The molecule has 0 spiro atoms. The number of anilines is 2.